The second kappa shape index (κ2) is 8.80. The smallest absolute Gasteiger partial charge is 0.252 e. The molecule has 6 heteroatoms. The Morgan fingerprint density at radius 3 is 2.62 bits per heavy atom. The monoisotopic (exact) mass is 360 g/mol. The Morgan fingerprint density at radius 1 is 1.31 bits per heavy atom. The molecule has 26 heavy (non-hydrogen) atoms. The number of primary amides is 1. The van der Waals surface area contributed by atoms with Gasteiger partial charge in [-0.2, -0.15) is 0 Å². The van der Waals surface area contributed by atoms with Gasteiger partial charge in [-0.1, -0.05) is 26.2 Å². The summed E-state index contributed by atoms with van der Waals surface area (Å²) >= 11 is 0. The third-order valence-electron chi connectivity index (χ3n) is 6.01. The van der Waals surface area contributed by atoms with Crippen molar-refractivity contribution in [3.63, 3.8) is 0 Å². The molecule has 1 aromatic heterocycles. The highest BCUT2D eigenvalue weighted by atomic mass is 16.5. The molecule has 1 atom stereocenters. The molecule has 2 aliphatic rings. The van der Waals surface area contributed by atoms with Crippen molar-refractivity contribution in [1.82, 2.24) is 9.97 Å². The van der Waals surface area contributed by atoms with E-state index in [4.69, 9.17) is 10.5 Å². The van der Waals surface area contributed by atoms with E-state index < -0.39 is 5.91 Å². The van der Waals surface area contributed by atoms with E-state index in [1.807, 2.05) is 6.92 Å². The minimum absolute atomic E-state index is 0.364. The summed E-state index contributed by atoms with van der Waals surface area (Å²) in [7, 11) is 0. The van der Waals surface area contributed by atoms with Crippen molar-refractivity contribution in [1.29, 1.82) is 0 Å². The topological polar surface area (TPSA) is 90.1 Å². The molecular weight excluding hydrogens is 328 g/mol. The Bertz CT molecular complexity index is 610. The first kappa shape index (κ1) is 19.1. The molecule has 0 spiro atoms. The number of ether oxygens (including phenoxy) is 1. The van der Waals surface area contributed by atoms with Gasteiger partial charge < -0.3 is 15.8 Å². The first-order chi connectivity index (χ1) is 12.6. The summed E-state index contributed by atoms with van der Waals surface area (Å²) in [6, 6.07) is 0.364. The number of aromatic nitrogens is 2. The van der Waals surface area contributed by atoms with Crippen molar-refractivity contribution in [2.45, 2.75) is 77.4 Å². The van der Waals surface area contributed by atoms with Gasteiger partial charge in [-0.05, 0) is 50.9 Å². The molecule has 1 aromatic rings. The molecule has 144 valence electrons. The normalized spacial score (nSPS) is 24.7. The second-order valence-electron chi connectivity index (χ2n) is 7.86. The van der Waals surface area contributed by atoms with Gasteiger partial charge >= 0.3 is 0 Å². The zero-order valence-electron chi connectivity index (χ0n) is 16.0. The highest BCUT2D eigenvalue weighted by Crippen LogP contribution is 2.35. The SMILES string of the molecule is CCOC1CCC(Nc2ncc(C(N)=O)c(C[C@@H](C)C3CCC3)n2)CC1. The molecule has 0 bridgehead atoms. The number of hydrogen-bond acceptors (Lipinski definition) is 5. The average Bonchev–Trinajstić information content (AvgIpc) is 2.55. The highest BCUT2D eigenvalue weighted by molar-refractivity contribution is 5.93. The molecule has 0 unspecified atom stereocenters. The van der Waals surface area contributed by atoms with Crippen molar-refractivity contribution in [3.05, 3.63) is 17.5 Å². The summed E-state index contributed by atoms with van der Waals surface area (Å²) in [5.74, 6) is 1.44. The van der Waals surface area contributed by atoms with Crippen LogP contribution in [0, 0.1) is 11.8 Å². The first-order valence-electron chi connectivity index (χ1n) is 10.1. The van der Waals surface area contributed by atoms with E-state index in [2.05, 4.69) is 22.2 Å². The first-order valence-corrected chi connectivity index (χ1v) is 10.1. The predicted octanol–water partition coefficient (Wildman–Crippen LogP) is 3.31. The van der Waals surface area contributed by atoms with Gasteiger partial charge in [0.1, 0.15) is 0 Å². The molecule has 1 heterocycles. The molecule has 6 nitrogen and oxygen atoms in total. The fraction of sp³-hybridized carbons (Fsp3) is 0.750. The maximum absolute atomic E-state index is 11.8. The lowest BCUT2D eigenvalue weighted by molar-refractivity contribution is 0.0346. The van der Waals surface area contributed by atoms with Crippen molar-refractivity contribution >= 4 is 11.9 Å². The van der Waals surface area contributed by atoms with Crippen LogP contribution in [-0.2, 0) is 11.2 Å². The number of rotatable bonds is 8. The fourth-order valence-corrected chi connectivity index (χ4v) is 4.12. The number of carbonyl (C=O) groups excluding carboxylic acids is 1. The molecule has 3 N–H and O–H groups in total. The van der Waals surface area contributed by atoms with Crippen molar-refractivity contribution in [2.24, 2.45) is 17.6 Å². The molecule has 2 fully saturated rings. The van der Waals surface area contributed by atoms with Crippen LogP contribution in [0.5, 0.6) is 0 Å². The van der Waals surface area contributed by atoms with Crippen LogP contribution in [0.2, 0.25) is 0 Å². The van der Waals surface area contributed by atoms with Crippen LogP contribution in [0.1, 0.15) is 74.8 Å². The zero-order chi connectivity index (χ0) is 18.5. The lowest BCUT2D eigenvalue weighted by Gasteiger charge is -2.31. The number of hydrogen-bond donors (Lipinski definition) is 2. The largest absolute Gasteiger partial charge is 0.379 e. The van der Waals surface area contributed by atoms with E-state index in [-0.39, 0.29) is 0 Å². The predicted molar refractivity (Wildman–Crippen MR) is 102 cm³/mol. The Balaban J connectivity index is 1.64. The van der Waals surface area contributed by atoms with Gasteiger partial charge in [0.15, 0.2) is 0 Å². The molecule has 1 amide bonds. The third kappa shape index (κ3) is 4.72. The molecule has 2 saturated carbocycles. The third-order valence-corrected chi connectivity index (χ3v) is 6.01. The Hall–Kier alpha value is -1.69. The molecule has 0 radical (unpaired) electrons. The lowest BCUT2D eigenvalue weighted by Crippen LogP contribution is -2.31. The highest BCUT2D eigenvalue weighted by Gasteiger charge is 2.26. The van der Waals surface area contributed by atoms with Crippen LogP contribution in [-0.4, -0.2) is 34.6 Å². The van der Waals surface area contributed by atoms with Crippen LogP contribution in [0.3, 0.4) is 0 Å². The number of nitrogens with one attached hydrogen (secondary N) is 1. The van der Waals surface area contributed by atoms with Gasteiger partial charge in [-0.15, -0.1) is 0 Å². The minimum atomic E-state index is -0.440. The summed E-state index contributed by atoms with van der Waals surface area (Å²) in [6.07, 6.45) is 10.9. The number of anilines is 1. The number of nitrogens with two attached hydrogens (primary N) is 1. The second-order valence-corrected chi connectivity index (χ2v) is 7.86. The van der Waals surface area contributed by atoms with Crippen LogP contribution >= 0.6 is 0 Å². The molecule has 2 aliphatic carbocycles. The lowest BCUT2D eigenvalue weighted by atomic mass is 9.75. The Kier molecular flexibility index (Phi) is 6.46. The van der Waals surface area contributed by atoms with Gasteiger partial charge in [0.05, 0.1) is 17.4 Å². The number of amides is 1. The van der Waals surface area contributed by atoms with Crippen LogP contribution in [0.4, 0.5) is 5.95 Å². The quantitative estimate of drug-likeness (QED) is 0.742. The van der Waals surface area contributed by atoms with E-state index in [9.17, 15) is 4.79 Å². The summed E-state index contributed by atoms with van der Waals surface area (Å²) in [5, 5.41) is 3.45. The number of carbonyl (C=O) groups is 1. The minimum Gasteiger partial charge on any atom is -0.379 e. The molecule has 3 rings (SSSR count). The summed E-state index contributed by atoms with van der Waals surface area (Å²) < 4.78 is 5.71. The summed E-state index contributed by atoms with van der Waals surface area (Å²) in [6.45, 7) is 5.08. The van der Waals surface area contributed by atoms with Crippen LogP contribution in [0.25, 0.3) is 0 Å². The van der Waals surface area contributed by atoms with Crippen molar-refractivity contribution < 1.29 is 9.53 Å². The van der Waals surface area contributed by atoms with E-state index >= 15 is 0 Å². The standard InChI is InChI=1S/C20H32N4O2/c1-3-26-16-9-7-15(8-10-16)23-20-22-12-17(19(21)25)18(24-20)11-13(2)14-5-4-6-14/h12-16H,3-11H2,1-2H3,(H2,21,25)(H,22,23,24)/t13-,15?,16?/m1/s1. The van der Waals surface area contributed by atoms with Crippen LogP contribution in [0.15, 0.2) is 6.20 Å². The maximum atomic E-state index is 11.8. The molecule has 0 aromatic carbocycles. The average molecular weight is 361 g/mol. The number of nitrogens with zero attached hydrogens (tertiary/aromatic N) is 2. The molecular formula is C20H32N4O2. The van der Waals surface area contributed by atoms with Gasteiger partial charge in [0, 0.05) is 18.8 Å². The zero-order valence-corrected chi connectivity index (χ0v) is 16.0. The van der Waals surface area contributed by atoms with Gasteiger partial charge in [0.2, 0.25) is 5.95 Å². The van der Waals surface area contributed by atoms with Crippen molar-refractivity contribution in [3.8, 4) is 0 Å². The summed E-state index contributed by atoms with van der Waals surface area (Å²) in [4.78, 5) is 20.8. The molecule has 0 aliphatic heterocycles. The van der Waals surface area contributed by atoms with Crippen LogP contribution < -0.4 is 11.1 Å². The Morgan fingerprint density at radius 2 is 2.04 bits per heavy atom. The van der Waals surface area contributed by atoms with E-state index in [1.165, 1.54) is 19.3 Å². The van der Waals surface area contributed by atoms with Gasteiger partial charge in [-0.25, -0.2) is 9.97 Å². The van der Waals surface area contributed by atoms with E-state index in [0.29, 0.717) is 29.6 Å². The Labute approximate surface area is 156 Å². The van der Waals surface area contributed by atoms with Gasteiger partial charge in [-0.3, -0.25) is 4.79 Å². The van der Waals surface area contributed by atoms with E-state index in [1.54, 1.807) is 6.20 Å². The van der Waals surface area contributed by atoms with Crippen molar-refractivity contribution in [2.75, 3.05) is 11.9 Å². The molecule has 0 saturated heterocycles. The fourth-order valence-electron chi connectivity index (χ4n) is 4.12. The maximum Gasteiger partial charge on any atom is 0.252 e. The van der Waals surface area contributed by atoms with Gasteiger partial charge in [0.25, 0.3) is 5.91 Å². The summed E-state index contributed by atoms with van der Waals surface area (Å²) in [5.41, 5.74) is 6.79. The van der Waals surface area contributed by atoms with E-state index in [0.717, 1.165) is 50.3 Å².